The largest absolute Gasteiger partial charge is 0.755 e. The van der Waals surface area contributed by atoms with Crippen molar-refractivity contribution in [2.24, 2.45) is 5.73 Å². The van der Waals surface area contributed by atoms with E-state index < -0.39 is 17.1 Å². The van der Waals surface area contributed by atoms with Gasteiger partial charge in [0.25, 0.3) is 0 Å². The minimum Gasteiger partial charge on any atom is -0.755 e. The van der Waals surface area contributed by atoms with Gasteiger partial charge in [-0.05, 0) is 48.7 Å². The fourth-order valence-corrected chi connectivity index (χ4v) is 6.32. The molecule has 1 unspecified atom stereocenters. The van der Waals surface area contributed by atoms with Gasteiger partial charge in [-0.15, -0.1) is 34.4 Å². The number of halogens is 1. The molecule has 0 spiro atoms. The van der Waals surface area contributed by atoms with Crippen LogP contribution >= 0.6 is 34.4 Å². The van der Waals surface area contributed by atoms with Gasteiger partial charge in [0.2, 0.25) is 0 Å². The summed E-state index contributed by atoms with van der Waals surface area (Å²) in [5, 5.41) is 10.4. The van der Waals surface area contributed by atoms with Crippen LogP contribution in [0.4, 0.5) is 15.8 Å². The van der Waals surface area contributed by atoms with Gasteiger partial charge in [0.1, 0.15) is 16.7 Å². The Hall–Kier alpha value is -2.57. The number of aromatic nitrogens is 1. The Morgan fingerprint density at radius 3 is 2.62 bits per heavy atom. The molecule has 2 aromatic carbocycles. The van der Waals surface area contributed by atoms with E-state index in [9.17, 15) is 13.2 Å². The summed E-state index contributed by atoms with van der Waals surface area (Å²) in [5.41, 5.74) is 8.75. The standard InChI is InChI=1S/C21H17FN4O2S4/c1-29-21-16(10-18(31-21)19(23)24)20-25-17(11-30-20)12-3-2-4-15(9-12)26(32(27)28)14-7-5-13(22)6-8-14/h2-11H,1H3,(H3,23,24)(H,27,28)/p-1. The maximum atomic E-state index is 13.3. The van der Waals surface area contributed by atoms with Crippen molar-refractivity contribution in [1.29, 1.82) is 5.41 Å². The molecule has 2 aromatic heterocycles. The quantitative estimate of drug-likeness (QED) is 0.147. The number of thiazole rings is 1. The van der Waals surface area contributed by atoms with Gasteiger partial charge in [-0.25, -0.2) is 9.37 Å². The Morgan fingerprint density at radius 1 is 1.22 bits per heavy atom. The van der Waals surface area contributed by atoms with Crippen LogP contribution in [0.15, 0.2) is 64.2 Å². The summed E-state index contributed by atoms with van der Waals surface area (Å²) in [6.07, 6.45) is 1.96. The van der Waals surface area contributed by atoms with E-state index in [1.54, 1.807) is 30.0 Å². The predicted octanol–water partition coefficient (Wildman–Crippen LogP) is 5.62. The molecule has 0 saturated carbocycles. The molecule has 0 aliphatic rings. The summed E-state index contributed by atoms with van der Waals surface area (Å²) < 4.78 is 39.3. The number of anilines is 2. The Balaban J connectivity index is 1.70. The van der Waals surface area contributed by atoms with E-state index in [0.717, 1.165) is 24.6 Å². The lowest BCUT2D eigenvalue weighted by Gasteiger charge is -2.26. The number of rotatable bonds is 7. The van der Waals surface area contributed by atoms with E-state index in [1.807, 2.05) is 23.8 Å². The molecular weight excluding hydrogens is 488 g/mol. The van der Waals surface area contributed by atoms with E-state index >= 15 is 0 Å². The Bertz CT molecular complexity index is 1300. The Labute approximate surface area is 198 Å². The number of nitrogen functional groups attached to an aromatic ring is 1. The van der Waals surface area contributed by atoms with Crippen LogP contribution in [0.5, 0.6) is 0 Å². The molecule has 1 atom stereocenters. The van der Waals surface area contributed by atoms with Crippen LogP contribution in [0.1, 0.15) is 4.88 Å². The summed E-state index contributed by atoms with van der Waals surface area (Å²) in [6.45, 7) is 0. The number of amidine groups is 1. The molecule has 0 radical (unpaired) electrons. The molecule has 164 valence electrons. The SMILES string of the molecule is CSc1sc(C(=N)N)cc1-c1nc(-c2cccc(N(c3ccc(F)cc3)S(=O)[O-])c2)cs1. The van der Waals surface area contributed by atoms with Gasteiger partial charge in [-0.3, -0.25) is 13.9 Å². The van der Waals surface area contributed by atoms with Crippen LogP contribution in [-0.4, -0.2) is 25.8 Å². The Kier molecular flexibility index (Phi) is 6.72. The van der Waals surface area contributed by atoms with Crippen molar-refractivity contribution in [1.82, 2.24) is 4.98 Å². The molecule has 3 N–H and O–H groups in total. The molecule has 0 aliphatic carbocycles. The summed E-state index contributed by atoms with van der Waals surface area (Å²) in [7, 11) is 0. The molecule has 6 nitrogen and oxygen atoms in total. The third-order valence-electron chi connectivity index (χ3n) is 4.47. The number of nitrogens with one attached hydrogen (secondary N) is 1. The number of thioether (sulfide) groups is 1. The highest BCUT2D eigenvalue weighted by Crippen LogP contribution is 2.40. The highest BCUT2D eigenvalue weighted by atomic mass is 32.2. The van der Waals surface area contributed by atoms with Crippen LogP contribution in [0.2, 0.25) is 0 Å². The van der Waals surface area contributed by atoms with Crippen molar-refractivity contribution < 1.29 is 13.2 Å². The number of hydrogen-bond acceptors (Lipinski definition) is 7. The highest BCUT2D eigenvalue weighted by Gasteiger charge is 2.17. The van der Waals surface area contributed by atoms with Gasteiger partial charge in [-0.1, -0.05) is 12.1 Å². The fraction of sp³-hybridized carbons (Fsp3) is 0.0476. The van der Waals surface area contributed by atoms with Crippen molar-refractivity contribution in [2.75, 3.05) is 10.6 Å². The second kappa shape index (κ2) is 9.51. The number of thiophene rings is 1. The number of nitrogens with zero attached hydrogens (tertiary/aromatic N) is 2. The summed E-state index contributed by atoms with van der Waals surface area (Å²) in [4.78, 5) is 5.43. The highest BCUT2D eigenvalue weighted by molar-refractivity contribution is 8.00. The zero-order chi connectivity index (χ0) is 22.8. The molecule has 0 amide bonds. The lowest BCUT2D eigenvalue weighted by molar-refractivity contribution is 0.537. The molecule has 4 rings (SSSR count). The van der Waals surface area contributed by atoms with Crippen molar-refractivity contribution in [3.05, 3.63) is 70.7 Å². The van der Waals surface area contributed by atoms with E-state index in [1.165, 1.54) is 46.9 Å². The van der Waals surface area contributed by atoms with E-state index in [0.29, 0.717) is 21.9 Å². The van der Waals surface area contributed by atoms with E-state index in [4.69, 9.17) is 16.1 Å². The normalized spacial score (nSPS) is 12.0. The van der Waals surface area contributed by atoms with Crippen LogP contribution < -0.4 is 10.0 Å². The molecule has 0 aliphatic heterocycles. The average molecular weight is 504 g/mol. The first-order chi connectivity index (χ1) is 15.4. The molecular formula is C21H16FN4O2S4-. The van der Waals surface area contributed by atoms with Gasteiger partial charge in [0.15, 0.2) is 0 Å². The number of nitrogens with two attached hydrogens (primary N) is 1. The maximum Gasteiger partial charge on any atom is 0.133 e. The summed E-state index contributed by atoms with van der Waals surface area (Å²) >= 11 is 1.89. The van der Waals surface area contributed by atoms with Gasteiger partial charge >= 0.3 is 0 Å². The minimum atomic E-state index is -2.60. The van der Waals surface area contributed by atoms with Crippen LogP contribution in [-0.2, 0) is 11.3 Å². The first-order valence-electron chi connectivity index (χ1n) is 9.11. The van der Waals surface area contributed by atoms with Crippen molar-refractivity contribution in [3.8, 4) is 21.8 Å². The molecule has 0 bridgehead atoms. The van der Waals surface area contributed by atoms with Crippen molar-refractivity contribution in [3.63, 3.8) is 0 Å². The van der Waals surface area contributed by atoms with E-state index in [2.05, 4.69) is 0 Å². The average Bonchev–Trinajstić information content (AvgIpc) is 3.42. The van der Waals surface area contributed by atoms with Crippen LogP contribution in [0.3, 0.4) is 0 Å². The smallest absolute Gasteiger partial charge is 0.133 e. The summed E-state index contributed by atoms with van der Waals surface area (Å²) in [6, 6.07) is 14.1. The Morgan fingerprint density at radius 2 is 1.97 bits per heavy atom. The summed E-state index contributed by atoms with van der Waals surface area (Å²) in [5.74, 6) is -0.423. The second-order valence-corrected chi connectivity index (χ2v) is 10.3. The minimum absolute atomic E-state index is 0.0209. The second-order valence-electron chi connectivity index (χ2n) is 6.51. The third kappa shape index (κ3) is 4.62. The zero-order valence-corrected chi connectivity index (χ0v) is 19.8. The molecule has 0 saturated heterocycles. The van der Waals surface area contributed by atoms with Crippen LogP contribution in [0.25, 0.3) is 21.8 Å². The first kappa shape index (κ1) is 22.6. The first-order valence-corrected chi connectivity index (χ1v) is 13.1. The van der Waals surface area contributed by atoms with Crippen LogP contribution in [0, 0.1) is 11.2 Å². The predicted molar refractivity (Wildman–Crippen MR) is 131 cm³/mol. The third-order valence-corrected chi connectivity index (χ3v) is 8.37. The zero-order valence-electron chi connectivity index (χ0n) is 16.6. The topological polar surface area (TPSA) is 106 Å². The van der Waals surface area contributed by atoms with Gasteiger partial charge in [0.05, 0.1) is 37.4 Å². The lowest BCUT2D eigenvalue weighted by Crippen LogP contribution is -2.19. The molecule has 32 heavy (non-hydrogen) atoms. The van der Waals surface area contributed by atoms with Gasteiger partial charge < -0.3 is 10.3 Å². The monoisotopic (exact) mass is 503 g/mol. The maximum absolute atomic E-state index is 13.3. The van der Waals surface area contributed by atoms with Crippen molar-refractivity contribution >= 4 is 62.9 Å². The molecule has 0 fully saturated rings. The lowest BCUT2D eigenvalue weighted by atomic mass is 10.1. The number of hydrogen-bond donors (Lipinski definition) is 2. The molecule has 4 aromatic rings. The fourth-order valence-electron chi connectivity index (χ4n) is 3.03. The number of benzene rings is 2. The van der Waals surface area contributed by atoms with Gasteiger partial charge in [-0.2, -0.15) is 0 Å². The molecule has 2 heterocycles. The van der Waals surface area contributed by atoms with Crippen molar-refractivity contribution in [2.45, 2.75) is 4.21 Å². The molecule has 11 heteroatoms. The van der Waals surface area contributed by atoms with Gasteiger partial charge in [0, 0.05) is 16.5 Å². The van der Waals surface area contributed by atoms with E-state index in [-0.39, 0.29) is 5.84 Å².